The third-order valence-electron chi connectivity index (χ3n) is 2.97. The highest BCUT2D eigenvalue weighted by Gasteiger charge is 2.28. The summed E-state index contributed by atoms with van der Waals surface area (Å²) in [5.74, 6) is -1.22. The summed E-state index contributed by atoms with van der Waals surface area (Å²) in [6.07, 6.45) is 0.253. The van der Waals surface area contributed by atoms with Crippen LogP contribution in [0, 0.1) is 5.82 Å². The van der Waals surface area contributed by atoms with Gasteiger partial charge in [0, 0.05) is 28.6 Å². The van der Waals surface area contributed by atoms with E-state index in [1.54, 1.807) is 6.07 Å². The highest BCUT2D eigenvalue weighted by atomic mass is 35.5. The quantitative estimate of drug-likeness (QED) is 0.909. The monoisotopic (exact) mass is 303 g/mol. The zero-order chi connectivity index (χ0) is 14.0. The van der Waals surface area contributed by atoms with E-state index in [0.717, 1.165) is 0 Å². The molecule has 0 radical (unpaired) electrons. The van der Waals surface area contributed by atoms with Crippen LogP contribution in [0.25, 0.3) is 0 Å². The fourth-order valence-corrected chi connectivity index (χ4v) is 2.53. The summed E-state index contributed by atoms with van der Waals surface area (Å²) in [5, 5.41) is 10.6. The topological polar surface area (TPSA) is 59.4 Å². The molecule has 0 spiro atoms. The molecule has 0 bridgehead atoms. The average Bonchev–Trinajstić information content (AvgIpc) is 2.79. The number of hydrogen-bond donors (Lipinski definition) is 2. The maximum Gasteiger partial charge on any atom is 0.198 e. The molecule has 3 nitrogen and oxygen atoms in total. The molecule has 3 N–H and O–H groups in total. The molecule has 0 aliphatic carbocycles. The van der Waals surface area contributed by atoms with Crippen molar-refractivity contribution in [1.29, 1.82) is 0 Å². The summed E-state index contributed by atoms with van der Waals surface area (Å²) in [4.78, 5) is 0. The number of aliphatic hydroxyl groups excluding tert-OH is 1. The van der Waals surface area contributed by atoms with Crippen molar-refractivity contribution in [2.24, 2.45) is 5.73 Å². The Balaban J connectivity index is 2.43. The molecule has 0 saturated heterocycles. The normalized spacial score (nSPS) is 14.4. The summed E-state index contributed by atoms with van der Waals surface area (Å²) in [7, 11) is 0. The molecule has 1 aromatic carbocycles. The van der Waals surface area contributed by atoms with Crippen LogP contribution in [0.5, 0.6) is 0 Å². The van der Waals surface area contributed by atoms with Crippen molar-refractivity contribution in [2.45, 2.75) is 12.0 Å². The number of rotatable bonds is 4. The minimum Gasteiger partial charge on any atom is -0.453 e. The Hall–Kier alpha value is -1.07. The van der Waals surface area contributed by atoms with Gasteiger partial charge < -0.3 is 15.3 Å². The first kappa shape index (κ1) is 14.3. The van der Waals surface area contributed by atoms with Gasteiger partial charge in [0.05, 0.1) is 12.4 Å². The zero-order valence-electron chi connectivity index (χ0n) is 9.82. The van der Waals surface area contributed by atoms with E-state index in [0.29, 0.717) is 5.56 Å². The van der Waals surface area contributed by atoms with E-state index in [4.69, 9.17) is 33.4 Å². The molecule has 0 aliphatic heterocycles. The Morgan fingerprint density at radius 3 is 2.58 bits per heavy atom. The molecule has 2 rings (SSSR count). The van der Waals surface area contributed by atoms with Gasteiger partial charge in [-0.05, 0) is 29.8 Å². The van der Waals surface area contributed by atoms with Crippen molar-refractivity contribution in [3.8, 4) is 0 Å². The molecule has 19 heavy (non-hydrogen) atoms. The predicted molar refractivity (Wildman–Crippen MR) is 71.9 cm³/mol. The first-order valence-corrected chi connectivity index (χ1v) is 6.36. The number of hydrogen-bond acceptors (Lipinski definition) is 3. The van der Waals surface area contributed by atoms with Crippen molar-refractivity contribution in [1.82, 2.24) is 0 Å². The predicted octanol–water partition coefficient (Wildman–Crippen LogP) is 3.50. The molecule has 1 heterocycles. The van der Waals surface area contributed by atoms with E-state index in [1.807, 2.05) is 0 Å². The van der Waals surface area contributed by atoms with Crippen LogP contribution in [0.15, 0.2) is 34.9 Å². The van der Waals surface area contributed by atoms with Gasteiger partial charge in [-0.15, -0.1) is 0 Å². The minimum absolute atomic E-state index is 0.0172. The van der Waals surface area contributed by atoms with Crippen LogP contribution in [0.4, 0.5) is 4.39 Å². The standard InChI is InChI=1S/C13H12Cl2FNO2/c14-9-2-1-3-10(16)11(9)8(6-17)12(18)7-4-5-19-13(7)15/h1-5,8,12,18H,6,17H2. The van der Waals surface area contributed by atoms with Gasteiger partial charge >= 0.3 is 0 Å². The van der Waals surface area contributed by atoms with Gasteiger partial charge in [0.2, 0.25) is 0 Å². The van der Waals surface area contributed by atoms with Crippen LogP contribution >= 0.6 is 23.2 Å². The van der Waals surface area contributed by atoms with Gasteiger partial charge in [-0.2, -0.15) is 0 Å². The second-order valence-electron chi connectivity index (χ2n) is 4.07. The van der Waals surface area contributed by atoms with Gasteiger partial charge in [0.1, 0.15) is 5.82 Å². The summed E-state index contributed by atoms with van der Waals surface area (Å²) in [5.41, 5.74) is 6.18. The molecule has 0 saturated carbocycles. The van der Waals surface area contributed by atoms with Crippen molar-refractivity contribution in [2.75, 3.05) is 6.54 Å². The number of furan rings is 1. The molecule has 6 heteroatoms. The van der Waals surface area contributed by atoms with Crippen LogP contribution in [0.1, 0.15) is 23.1 Å². The van der Waals surface area contributed by atoms with Crippen molar-refractivity contribution >= 4 is 23.2 Å². The Labute approximate surface area is 119 Å². The lowest BCUT2D eigenvalue weighted by Gasteiger charge is -2.22. The van der Waals surface area contributed by atoms with Crippen LogP contribution in [0.3, 0.4) is 0 Å². The third-order valence-corrected chi connectivity index (χ3v) is 3.61. The van der Waals surface area contributed by atoms with Gasteiger partial charge in [0.15, 0.2) is 5.22 Å². The number of aliphatic hydroxyl groups is 1. The molecule has 2 atom stereocenters. The molecule has 0 fully saturated rings. The van der Waals surface area contributed by atoms with E-state index in [-0.39, 0.29) is 22.4 Å². The lowest BCUT2D eigenvalue weighted by molar-refractivity contribution is 0.145. The van der Waals surface area contributed by atoms with E-state index in [2.05, 4.69) is 0 Å². The summed E-state index contributed by atoms with van der Waals surface area (Å²) >= 11 is 11.8. The molecule has 102 valence electrons. The second kappa shape index (κ2) is 5.92. The van der Waals surface area contributed by atoms with Crippen LogP contribution < -0.4 is 5.73 Å². The number of halogens is 3. The summed E-state index contributed by atoms with van der Waals surface area (Å²) in [6.45, 7) is 0.0172. The highest BCUT2D eigenvalue weighted by Crippen LogP contribution is 2.38. The molecular formula is C13H12Cl2FNO2. The maximum absolute atomic E-state index is 13.9. The summed E-state index contributed by atoms with van der Waals surface area (Å²) in [6, 6.07) is 5.83. The molecule has 0 aliphatic rings. The minimum atomic E-state index is -1.09. The largest absolute Gasteiger partial charge is 0.453 e. The Morgan fingerprint density at radius 2 is 2.05 bits per heavy atom. The molecule has 2 unspecified atom stereocenters. The first-order valence-electron chi connectivity index (χ1n) is 5.61. The Bertz CT molecular complexity index is 553. The van der Waals surface area contributed by atoms with Crippen LogP contribution in [0.2, 0.25) is 10.2 Å². The van der Waals surface area contributed by atoms with E-state index < -0.39 is 17.8 Å². The molecule has 0 amide bonds. The fraction of sp³-hybridized carbons (Fsp3) is 0.231. The third kappa shape index (κ3) is 2.77. The van der Waals surface area contributed by atoms with Crippen LogP contribution in [-0.4, -0.2) is 11.7 Å². The SMILES string of the molecule is NCC(c1c(F)cccc1Cl)C(O)c1ccoc1Cl. The smallest absolute Gasteiger partial charge is 0.198 e. The second-order valence-corrected chi connectivity index (χ2v) is 4.82. The van der Waals surface area contributed by atoms with Crippen molar-refractivity contribution < 1.29 is 13.9 Å². The highest BCUT2D eigenvalue weighted by molar-refractivity contribution is 6.31. The lowest BCUT2D eigenvalue weighted by Crippen LogP contribution is -2.21. The molecule has 1 aromatic heterocycles. The zero-order valence-corrected chi connectivity index (χ0v) is 11.3. The maximum atomic E-state index is 13.9. The number of benzene rings is 1. The Kier molecular flexibility index (Phi) is 4.47. The van der Waals surface area contributed by atoms with Gasteiger partial charge in [-0.25, -0.2) is 4.39 Å². The first-order chi connectivity index (χ1) is 9.06. The van der Waals surface area contributed by atoms with Gasteiger partial charge in [-0.1, -0.05) is 17.7 Å². The summed E-state index contributed by atoms with van der Waals surface area (Å²) < 4.78 is 18.8. The van der Waals surface area contributed by atoms with Gasteiger partial charge in [-0.3, -0.25) is 0 Å². The van der Waals surface area contributed by atoms with Gasteiger partial charge in [0.25, 0.3) is 0 Å². The molecule has 2 aromatic rings. The fourth-order valence-electron chi connectivity index (χ4n) is 2.00. The Morgan fingerprint density at radius 1 is 1.32 bits per heavy atom. The lowest BCUT2D eigenvalue weighted by atomic mass is 9.90. The number of nitrogens with two attached hydrogens (primary N) is 1. The van der Waals surface area contributed by atoms with E-state index in [1.165, 1.54) is 24.5 Å². The van der Waals surface area contributed by atoms with E-state index >= 15 is 0 Å². The van der Waals surface area contributed by atoms with Crippen molar-refractivity contribution in [3.05, 3.63) is 57.7 Å². The van der Waals surface area contributed by atoms with E-state index in [9.17, 15) is 9.50 Å². The average molecular weight is 304 g/mol. The van der Waals surface area contributed by atoms with Crippen molar-refractivity contribution in [3.63, 3.8) is 0 Å². The molecular weight excluding hydrogens is 292 g/mol. The van der Waals surface area contributed by atoms with Crippen LogP contribution in [-0.2, 0) is 0 Å².